The molecule has 210 valence electrons. The van der Waals surface area contributed by atoms with Gasteiger partial charge in [0.15, 0.2) is 0 Å². The highest BCUT2D eigenvalue weighted by molar-refractivity contribution is 6.30. The second-order valence-electron chi connectivity index (χ2n) is 10.2. The third-order valence-corrected chi connectivity index (χ3v) is 7.94. The molecule has 1 aromatic heterocycles. The van der Waals surface area contributed by atoms with Crippen molar-refractivity contribution in [3.8, 4) is 5.75 Å². The minimum atomic E-state index is -0.852. The number of pyridine rings is 1. The smallest absolute Gasteiger partial charge is 0.315 e. The third-order valence-electron chi connectivity index (χ3n) is 7.70. The summed E-state index contributed by atoms with van der Waals surface area (Å²) in [6, 6.07) is 15.3. The van der Waals surface area contributed by atoms with Gasteiger partial charge in [0.1, 0.15) is 17.5 Å². The summed E-state index contributed by atoms with van der Waals surface area (Å²) in [5.41, 5.74) is 3.21. The molecule has 3 amide bonds. The van der Waals surface area contributed by atoms with Crippen LogP contribution >= 0.6 is 11.6 Å². The largest absolute Gasteiger partial charge is 0.497 e. The Bertz CT molecular complexity index is 1440. The van der Waals surface area contributed by atoms with Crippen molar-refractivity contribution >= 4 is 29.2 Å². The van der Waals surface area contributed by atoms with Gasteiger partial charge in [-0.15, -0.1) is 0 Å². The first-order valence-corrected chi connectivity index (χ1v) is 13.7. The number of amides is 3. The molecule has 5 rings (SSSR count). The minimum absolute atomic E-state index is 0.0668. The average Bonchev–Trinajstić information content (AvgIpc) is 3.27. The fraction of sp³-hybridized carbons (Fsp3) is 0.367. The molecule has 0 bridgehead atoms. The van der Waals surface area contributed by atoms with Crippen LogP contribution in [0.1, 0.15) is 29.0 Å². The predicted octanol–water partition coefficient (Wildman–Crippen LogP) is 3.51. The zero-order valence-electron chi connectivity index (χ0n) is 22.6. The van der Waals surface area contributed by atoms with Crippen molar-refractivity contribution in [1.82, 2.24) is 15.2 Å². The molecule has 2 aliphatic rings. The summed E-state index contributed by atoms with van der Waals surface area (Å²) in [5, 5.41) is 6.70. The van der Waals surface area contributed by atoms with Gasteiger partial charge in [-0.25, -0.2) is 4.79 Å². The van der Waals surface area contributed by atoms with E-state index < -0.39 is 12.1 Å². The van der Waals surface area contributed by atoms with Crippen LogP contribution < -0.4 is 25.8 Å². The number of anilines is 1. The van der Waals surface area contributed by atoms with Gasteiger partial charge in [-0.3, -0.25) is 9.59 Å². The maximum Gasteiger partial charge on any atom is 0.315 e. The molecule has 1 aliphatic carbocycles. The number of carbonyl (C=O) groups excluding carboxylic acids is 2. The number of rotatable bonds is 8. The Kier molecular flexibility index (Phi) is 8.42. The Morgan fingerprint density at radius 2 is 1.85 bits per heavy atom. The first-order valence-electron chi connectivity index (χ1n) is 13.4. The SMILES string of the molecule is COCCn1cccc(N2C[C@@H](c3ccc(OC)cc3)C(NC(=O)NC3CCc4cc(Cl)ccc4C3)C2=O)c1=O. The molecule has 0 radical (unpaired) electrons. The number of carbonyl (C=O) groups is 2. The van der Waals surface area contributed by atoms with Crippen molar-refractivity contribution in [1.29, 1.82) is 0 Å². The van der Waals surface area contributed by atoms with E-state index in [1.54, 1.807) is 32.5 Å². The number of urea groups is 1. The molecule has 2 aromatic carbocycles. The molecule has 40 heavy (non-hydrogen) atoms. The van der Waals surface area contributed by atoms with Crippen LogP contribution in [0.25, 0.3) is 0 Å². The van der Waals surface area contributed by atoms with Crippen molar-refractivity contribution in [3.05, 3.63) is 92.9 Å². The molecule has 0 spiro atoms. The van der Waals surface area contributed by atoms with Gasteiger partial charge in [0.25, 0.3) is 11.5 Å². The van der Waals surface area contributed by atoms with Crippen LogP contribution in [0.2, 0.25) is 5.02 Å². The number of hydrogen-bond acceptors (Lipinski definition) is 5. The lowest BCUT2D eigenvalue weighted by Gasteiger charge is -2.27. The number of methoxy groups -OCH3 is 2. The Morgan fingerprint density at radius 3 is 2.60 bits per heavy atom. The fourth-order valence-corrected chi connectivity index (χ4v) is 5.77. The predicted molar refractivity (Wildman–Crippen MR) is 153 cm³/mol. The monoisotopic (exact) mass is 564 g/mol. The lowest BCUT2D eigenvalue weighted by atomic mass is 9.88. The van der Waals surface area contributed by atoms with Crippen LogP contribution in [-0.2, 0) is 28.9 Å². The molecule has 1 aliphatic heterocycles. The van der Waals surface area contributed by atoms with Crippen LogP contribution in [-0.4, -0.2) is 56.0 Å². The van der Waals surface area contributed by atoms with Crippen molar-refractivity contribution < 1.29 is 19.1 Å². The van der Waals surface area contributed by atoms with Crippen molar-refractivity contribution in [2.75, 3.05) is 32.3 Å². The number of fused-ring (bicyclic) bond motifs is 1. The molecule has 10 heteroatoms. The maximum absolute atomic E-state index is 13.8. The van der Waals surface area contributed by atoms with Crippen LogP contribution in [0.3, 0.4) is 0 Å². The second kappa shape index (κ2) is 12.1. The number of nitrogens with one attached hydrogen (secondary N) is 2. The van der Waals surface area contributed by atoms with Crippen molar-refractivity contribution in [2.24, 2.45) is 0 Å². The first-order chi connectivity index (χ1) is 19.4. The summed E-state index contributed by atoms with van der Waals surface area (Å²) in [4.78, 5) is 41.7. The van der Waals surface area contributed by atoms with Crippen LogP contribution in [0.5, 0.6) is 5.75 Å². The molecule has 3 aromatic rings. The van der Waals surface area contributed by atoms with E-state index >= 15 is 0 Å². The highest BCUT2D eigenvalue weighted by Crippen LogP contribution is 2.32. The molecule has 9 nitrogen and oxygen atoms in total. The normalized spacial score (nSPS) is 20.2. The number of nitrogens with zero attached hydrogens (tertiary/aromatic N) is 2. The summed E-state index contributed by atoms with van der Waals surface area (Å²) >= 11 is 6.13. The van der Waals surface area contributed by atoms with E-state index in [1.807, 2.05) is 42.5 Å². The topological polar surface area (TPSA) is 102 Å². The van der Waals surface area contributed by atoms with E-state index in [-0.39, 0.29) is 35.7 Å². The molecule has 2 heterocycles. The minimum Gasteiger partial charge on any atom is -0.497 e. The van der Waals surface area contributed by atoms with Gasteiger partial charge in [-0.05, 0) is 72.4 Å². The van der Waals surface area contributed by atoms with E-state index in [2.05, 4.69) is 10.6 Å². The van der Waals surface area contributed by atoms with Crippen LogP contribution in [0, 0.1) is 0 Å². The van der Waals surface area contributed by atoms with Gasteiger partial charge in [-0.1, -0.05) is 29.8 Å². The van der Waals surface area contributed by atoms with Gasteiger partial charge >= 0.3 is 6.03 Å². The van der Waals surface area contributed by atoms with Crippen molar-refractivity contribution in [3.63, 3.8) is 0 Å². The zero-order chi connectivity index (χ0) is 28.2. The zero-order valence-corrected chi connectivity index (χ0v) is 23.3. The first kappa shape index (κ1) is 27.7. The van der Waals surface area contributed by atoms with E-state index in [0.29, 0.717) is 30.3 Å². The molecular formula is C30H33ClN4O5. The summed E-state index contributed by atoms with van der Waals surface area (Å²) in [6.07, 6.45) is 3.96. The van der Waals surface area contributed by atoms with E-state index in [4.69, 9.17) is 21.1 Å². The highest BCUT2D eigenvalue weighted by Gasteiger charge is 2.44. The molecule has 2 N–H and O–H groups in total. The highest BCUT2D eigenvalue weighted by atomic mass is 35.5. The summed E-state index contributed by atoms with van der Waals surface area (Å²) in [5.74, 6) is -0.0123. The number of aryl methyl sites for hydroxylation is 1. The Balaban J connectivity index is 1.37. The van der Waals surface area contributed by atoms with Gasteiger partial charge in [0.2, 0.25) is 0 Å². The second-order valence-corrected chi connectivity index (χ2v) is 10.6. The number of ether oxygens (including phenoxy) is 2. The van der Waals surface area contributed by atoms with E-state index in [0.717, 1.165) is 24.0 Å². The Labute approximate surface area is 238 Å². The Morgan fingerprint density at radius 1 is 1.05 bits per heavy atom. The number of benzene rings is 2. The Hall–Kier alpha value is -3.82. The molecular weight excluding hydrogens is 532 g/mol. The van der Waals surface area contributed by atoms with E-state index in [1.165, 1.54) is 15.0 Å². The third kappa shape index (κ3) is 5.85. The molecule has 0 saturated carbocycles. The molecule has 2 unspecified atom stereocenters. The summed E-state index contributed by atoms with van der Waals surface area (Å²) in [7, 11) is 3.16. The van der Waals surface area contributed by atoms with Crippen LogP contribution in [0.15, 0.2) is 65.6 Å². The van der Waals surface area contributed by atoms with Gasteiger partial charge in [-0.2, -0.15) is 0 Å². The van der Waals surface area contributed by atoms with E-state index in [9.17, 15) is 14.4 Å². The summed E-state index contributed by atoms with van der Waals surface area (Å²) < 4.78 is 11.9. The number of hydrogen-bond donors (Lipinski definition) is 2. The number of aromatic nitrogens is 1. The average molecular weight is 565 g/mol. The van der Waals surface area contributed by atoms with Gasteiger partial charge in [0, 0.05) is 43.4 Å². The lowest BCUT2D eigenvalue weighted by molar-refractivity contribution is -0.118. The quantitative estimate of drug-likeness (QED) is 0.436. The van der Waals surface area contributed by atoms with Gasteiger partial charge in [0.05, 0.1) is 13.7 Å². The maximum atomic E-state index is 13.8. The standard InChI is InChI=1S/C30H33ClN4O5/c1-39-15-14-34-13-3-4-26(28(34)36)35-18-25(19-7-11-24(40-2)12-8-19)27(29(35)37)33-30(38)32-23-10-6-20-16-22(31)9-5-21(20)17-23/h3-5,7-9,11-13,16,23,25,27H,6,10,14-15,17-18H2,1-2H3,(H2,32,33,38)/t23?,25-,27?/m0/s1. The van der Waals surface area contributed by atoms with Crippen LogP contribution in [0.4, 0.5) is 10.5 Å². The molecule has 3 atom stereocenters. The fourth-order valence-electron chi connectivity index (χ4n) is 5.57. The lowest BCUT2D eigenvalue weighted by Crippen LogP contribution is -2.51. The molecule has 1 saturated heterocycles. The number of halogens is 1. The van der Waals surface area contributed by atoms with Gasteiger partial charge < -0.3 is 29.6 Å². The van der Waals surface area contributed by atoms with Crippen molar-refractivity contribution in [2.45, 2.75) is 43.8 Å². The summed E-state index contributed by atoms with van der Waals surface area (Å²) in [6.45, 7) is 0.986. The molecule has 1 fully saturated rings.